The molecule has 0 amide bonds. The molecule has 6 rings (SSSR count). The average molecular weight is 631 g/mol. The van der Waals surface area contributed by atoms with Gasteiger partial charge in [0.15, 0.2) is 16.6 Å². The number of rotatable bonds is 8. The summed E-state index contributed by atoms with van der Waals surface area (Å²) in [6.07, 6.45) is 1.38. The maximum atomic E-state index is 14.0. The second-order valence-electron chi connectivity index (χ2n) is 10.0. The van der Waals surface area contributed by atoms with E-state index in [1.165, 1.54) is 41.2 Å². The number of H-pyrrole nitrogens is 1. The van der Waals surface area contributed by atoms with E-state index in [0.29, 0.717) is 33.6 Å². The van der Waals surface area contributed by atoms with Crippen LogP contribution >= 0.6 is 11.6 Å². The van der Waals surface area contributed by atoms with Crippen LogP contribution < -0.4 is 15.2 Å². The minimum absolute atomic E-state index is 0.0519. The van der Waals surface area contributed by atoms with Crippen molar-refractivity contribution in [1.29, 1.82) is 0 Å². The van der Waals surface area contributed by atoms with Gasteiger partial charge in [0.25, 0.3) is 10.0 Å². The minimum Gasteiger partial charge on any atom is -0.454 e. The smallest absolute Gasteiger partial charge is 0.279 e. The van der Waals surface area contributed by atoms with Crippen molar-refractivity contribution in [3.63, 3.8) is 0 Å². The molecule has 10 nitrogen and oxygen atoms in total. The zero-order valence-corrected chi connectivity index (χ0v) is 24.9. The number of carbonyl (C=O) groups excluding carboxylic acids is 1. The van der Waals surface area contributed by atoms with Gasteiger partial charge in [0.2, 0.25) is 5.78 Å². The van der Waals surface area contributed by atoms with Gasteiger partial charge in [-0.25, -0.2) is 14.1 Å². The summed E-state index contributed by atoms with van der Waals surface area (Å²) in [4.78, 5) is 20.5. The Kier molecular flexibility index (Phi) is 7.31. The van der Waals surface area contributed by atoms with E-state index < -0.39 is 21.6 Å². The van der Waals surface area contributed by atoms with E-state index in [4.69, 9.17) is 22.1 Å². The highest BCUT2D eigenvalue weighted by Gasteiger charge is 2.22. The molecule has 0 aliphatic heterocycles. The number of sulfonamides is 1. The third kappa shape index (κ3) is 5.48. The molecule has 3 aromatic heterocycles. The van der Waals surface area contributed by atoms with E-state index in [2.05, 4.69) is 19.8 Å². The topological polar surface area (TPSA) is 145 Å². The highest BCUT2D eigenvalue weighted by molar-refractivity contribution is 7.92. The van der Waals surface area contributed by atoms with Crippen LogP contribution in [0.3, 0.4) is 0 Å². The van der Waals surface area contributed by atoms with Gasteiger partial charge >= 0.3 is 0 Å². The number of nitrogens with zero attached hydrogens (tertiary/aromatic N) is 3. The quantitative estimate of drug-likeness (QED) is 0.127. The Balaban J connectivity index is 1.26. The molecule has 6 aromatic rings. The summed E-state index contributed by atoms with van der Waals surface area (Å²) < 4.78 is 49.5. The number of nitrogens with two attached hydrogens (primary N) is 1. The normalized spacial score (nSPS) is 11.5. The number of para-hydroxylation sites is 1. The molecular formula is C31H24ClFN6O4S. The van der Waals surface area contributed by atoms with E-state index in [-0.39, 0.29) is 33.0 Å². The SMILES string of the molecule is Cc1cc2cc(C(=O)c3cnn(-c4ccc(Oc5ccccc5F)cc4C)c3N)[nH]c2cc1NS(=O)(=O)c1cccc(Cl)n1. The molecule has 0 aliphatic rings. The number of aromatic amines is 1. The highest BCUT2D eigenvalue weighted by atomic mass is 35.5. The zero-order chi connectivity index (χ0) is 31.2. The van der Waals surface area contributed by atoms with Crippen LogP contribution in [-0.4, -0.2) is 33.9 Å². The summed E-state index contributed by atoms with van der Waals surface area (Å²) in [6, 6.07) is 20.5. The van der Waals surface area contributed by atoms with Gasteiger partial charge in [-0.05, 0) is 85.6 Å². The number of anilines is 2. The number of hydrogen-bond donors (Lipinski definition) is 3. The first-order valence-electron chi connectivity index (χ1n) is 13.2. The summed E-state index contributed by atoms with van der Waals surface area (Å²) in [5.74, 6) is -0.226. The fraction of sp³-hybridized carbons (Fsp3) is 0.0645. The van der Waals surface area contributed by atoms with Crippen molar-refractivity contribution in [1.82, 2.24) is 19.7 Å². The minimum atomic E-state index is -4.01. The number of hydrogen-bond acceptors (Lipinski definition) is 7. The van der Waals surface area contributed by atoms with Gasteiger partial charge in [-0.1, -0.05) is 29.8 Å². The summed E-state index contributed by atoms with van der Waals surface area (Å²) in [5, 5.41) is 4.87. The van der Waals surface area contributed by atoms with E-state index in [1.54, 1.807) is 55.5 Å². The second-order valence-corrected chi connectivity index (χ2v) is 12.0. The number of carbonyl (C=O) groups is 1. The summed E-state index contributed by atoms with van der Waals surface area (Å²) in [6.45, 7) is 3.56. The first-order valence-corrected chi connectivity index (χ1v) is 15.1. The van der Waals surface area contributed by atoms with Gasteiger partial charge in [-0.2, -0.15) is 13.5 Å². The third-order valence-electron chi connectivity index (χ3n) is 6.93. The Bertz CT molecular complexity index is 2200. The van der Waals surface area contributed by atoms with Crippen LogP contribution in [0, 0.1) is 19.7 Å². The molecule has 3 heterocycles. The van der Waals surface area contributed by atoms with Gasteiger partial charge in [0.05, 0.1) is 28.8 Å². The molecule has 0 unspecified atom stereocenters. The van der Waals surface area contributed by atoms with Gasteiger partial charge < -0.3 is 15.5 Å². The maximum absolute atomic E-state index is 14.0. The number of ketones is 1. The first-order chi connectivity index (χ1) is 21.0. The Morgan fingerprint density at radius 1 is 1.02 bits per heavy atom. The van der Waals surface area contributed by atoms with Crippen molar-refractivity contribution in [2.45, 2.75) is 18.9 Å². The second kappa shape index (κ2) is 11.1. The summed E-state index contributed by atoms with van der Waals surface area (Å²) in [7, 11) is -4.01. The largest absolute Gasteiger partial charge is 0.454 e. The van der Waals surface area contributed by atoms with Crippen molar-refractivity contribution >= 4 is 49.8 Å². The van der Waals surface area contributed by atoms with Gasteiger partial charge in [-0.15, -0.1) is 0 Å². The number of halogens is 2. The van der Waals surface area contributed by atoms with Gasteiger partial charge in [0.1, 0.15) is 16.7 Å². The van der Waals surface area contributed by atoms with Crippen LogP contribution in [0.4, 0.5) is 15.9 Å². The maximum Gasteiger partial charge on any atom is 0.279 e. The molecule has 0 bridgehead atoms. The van der Waals surface area contributed by atoms with E-state index in [0.717, 1.165) is 5.56 Å². The summed E-state index contributed by atoms with van der Waals surface area (Å²) >= 11 is 5.87. The fourth-order valence-electron chi connectivity index (χ4n) is 4.72. The molecule has 222 valence electrons. The van der Waals surface area contributed by atoms with E-state index in [9.17, 15) is 17.6 Å². The number of pyridine rings is 1. The molecule has 44 heavy (non-hydrogen) atoms. The molecule has 4 N–H and O–H groups in total. The van der Waals surface area contributed by atoms with E-state index in [1.807, 2.05) is 6.92 Å². The number of benzene rings is 3. The molecule has 0 atom stereocenters. The van der Waals surface area contributed by atoms with E-state index >= 15 is 0 Å². The highest BCUT2D eigenvalue weighted by Crippen LogP contribution is 2.30. The van der Waals surface area contributed by atoms with Gasteiger partial charge in [-0.3, -0.25) is 9.52 Å². The van der Waals surface area contributed by atoms with Crippen molar-refractivity contribution in [3.8, 4) is 17.2 Å². The molecular weight excluding hydrogens is 607 g/mol. The molecule has 3 aromatic carbocycles. The molecule has 0 aliphatic carbocycles. The lowest BCUT2D eigenvalue weighted by atomic mass is 10.1. The average Bonchev–Trinajstić information content (AvgIpc) is 3.57. The van der Waals surface area contributed by atoms with Crippen molar-refractivity contribution in [3.05, 3.63) is 118 Å². The molecule has 0 fully saturated rings. The molecule has 13 heteroatoms. The summed E-state index contributed by atoms with van der Waals surface area (Å²) in [5.41, 5.74) is 9.63. The third-order valence-corrected chi connectivity index (χ3v) is 8.41. The lowest BCUT2D eigenvalue weighted by molar-refractivity contribution is 0.103. The van der Waals surface area contributed by atoms with Gasteiger partial charge in [0, 0.05) is 10.9 Å². The Morgan fingerprint density at radius 2 is 1.82 bits per heavy atom. The Labute approximate surface area is 256 Å². The monoisotopic (exact) mass is 630 g/mol. The number of nitrogens with one attached hydrogen (secondary N) is 2. The van der Waals surface area contributed by atoms with Crippen molar-refractivity contribution < 1.29 is 22.3 Å². The number of ether oxygens (including phenoxy) is 1. The lowest BCUT2D eigenvalue weighted by Gasteiger charge is -2.12. The molecule has 0 spiro atoms. The van der Waals surface area contributed by atoms with Crippen LogP contribution in [-0.2, 0) is 10.0 Å². The first kappa shape index (κ1) is 28.9. The number of aryl methyl sites for hydroxylation is 2. The lowest BCUT2D eigenvalue weighted by Crippen LogP contribution is -2.15. The predicted molar refractivity (Wildman–Crippen MR) is 166 cm³/mol. The van der Waals surface area contributed by atoms with Crippen LogP contribution in [0.25, 0.3) is 16.6 Å². The van der Waals surface area contributed by atoms with Crippen LogP contribution in [0.2, 0.25) is 5.15 Å². The van der Waals surface area contributed by atoms with Crippen molar-refractivity contribution in [2.24, 2.45) is 0 Å². The Hall–Kier alpha value is -5.20. The molecule has 0 radical (unpaired) electrons. The predicted octanol–water partition coefficient (Wildman–Crippen LogP) is 6.56. The van der Waals surface area contributed by atoms with Crippen LogP contribution in [0.15, 0.2) is 90.1 Å². The van der Waals surface area contributed by atoms with Crippen LogP contribution in [0.1, 0.15) is 27.2 Å². The number of nitrogen functional groups attached to an aromatic ring is 1. The molecule has 0 saturated heterocycles. The number of aromatic nitrogens is 4. The molecule has 0 saturated carbocycles. The standard InChI is InChI=1S/C31H24ClFN6O4S/c1-17-12-19-14-25(36-24(19)15-23(17)38-44(41,42)29-9-5-8-28(32)37-29)30(40)21-16-35-39(31(21)34)26-11-10-20(13-18(26)2)43-27-7-4-3-6-22(27)33/h3-16,36,38H,34H2,1-2H3. The Morgan fingerprint density at radius 3 is 2.57 bits per heavy atom. The zero-order valence-electron chi connectivity index (χ0n) is 23.3. The fourth-order valence-corrected chi connectivity index (χ4v) is 6.02. The van der Waals surface area contributed by atoms with Crippen molar-refractivity contribution in [2.75, 3.05) is 10.5 Å². The number of fused-ring (bicyclic) bond motifs is 1. The van der Waals surface area contributed by atoms with Crippen LogP contribution in [0.5, 0.6) is 11.5 Å².